The molecule has 0 saturated heterocycles. The third kappa shape index (κ3) is 2.89. The molecule has 2 rings (SSSR count). The molecular weight excluding hydrogens is 226 g/mol. The van der Waals surface area contributed by atoms with Gasteiger partial charge in [0.05, 0.1) is 14.2 Å². The van der Waals surface area contributed by atoms with Gasteiger partial charge in [-0.1, -0.05) is 19.8 Å². The smallest absolute Gasteiger partial charge is 0.124 e. The van der Waals surface area contributed by atoms with E-state index < -0.39 is 0 Å². The molecule has 1 fully saturated rings. The number of benzene rings is 1. The Labute approximate surface area is 109 Å². The summed E-state index contributed by atoms with van der Waals surface area (Å²) in [5.41, 5.74) is 1.09. The zero-order chi connectivity index (χ0) is 13.0. The fourth-order valence-corrected chi connectivity index (χ4v) is 2.82. The van der Waals surface area contributed by atoms with Crippen molar-refractivity contribution in [3.63, 3.8) is 0 Å². The van der Waals surface area contributed by atoms with Crippen LogP contribution in [0.15, 0.2) is 18.2 Å². The van der Waals surface area contributed by atoms with Crippen LogP contribution in [0.2, 0.25) is 0 Å². The largest absolute Gasteiger partial charge is 0.497 e. The van der Waals surface area contributed by atoms with Gasteiger partial charge in [0.25, 0.3) is 0 Å². The summed E-state index contributed by atoms with van der Waals surface area (Å²) in [6, 6.07) is 6.56. The summed E-state index contributed by atoms with van der Waals surface area (Å²) < 4.78 is 10.6. The topological polar surface area (TPSA) is 30.5 Å². The number of hydrogen-bond acceptors (Lipinski definition) is 3. The summed E-state index contributed by atoms with van der Waals surface area (Å²) in [5.74, 6) is 2.47. The van der Waals surface area contributed by atoms with Gasteiger partial charge < -0.3 is 14.8 Å². The van der Waals surface area contributed by atoms with Crippen molar-refractivity contribution in [2.45, 2.75) is 38.6 Å². The van der Waals surface area contributed by atoms with Crippen LogP contribution in [-0.4, -0.2) is 20.3 Å². The number of hydrogen-bond donors (Lipinski definition) is 1. The van der Waals surface area contributed by atoms with E-state index in [4.69, 9.17) is 9.47 Å². The molecule has 1 aliphatic rings. The van der Waals surface area contributed by atoms with Gasteiger partial charge in [0.1, 0.15) is 11.5 Å². The molecule has 0 spiro atoms. The molecule has 3 heteroatoms. The highest BCUT2D eigenvalue weighted by Crippen LogP contribution is 2.33. The molecule has 0 aromatic heterocycles. The lowest BCUT2D eigenvalue weighted by Gasteiger charge is -2.21. The Hall–Kier alpha value is -1.38. The lowest BCUT2D eigenvalue weighted by molar-refractivity contribution is 0.394. The lowest BCUT2D eigenvalue weighted by Crippen LogP contribution is -2.23. The first-order valence-corrected chi connectivity index (χ1v) is 6.76. The summed E-state index contributed by atoms with van der Waals surface area (Å²) in [7, 11) is 3.37. The van der Waals surface area contributed by atoms with Crippen LogP contribution in [0.4, 0.5) is 5.69 Å². The maximum absolute atomic E-state index is 5.29. The molecule has 3 nitrogen and oxygen atoms in total. The Morgan fingerprint density at radius 3 is 2.33 bits per heavy atom. The molecule has 1 aliphatic carbocycles. The molecule has 1 aromatic carbocycles. The average Bonchev–Trinajstić information content (AvgIpc) is 2.85. The van der Waals surface area contributed by atoms with Gasteiger partial charge >= 0.3 is 0 Å². The second-order valence-corrected chi connectivity index (χ2v) is 4.95. The predicted molar refractivity (Wildman–Crippen MR) is 74.6 cm³/mol. The first-order valence-electron chi connectivity index (χ1n) is 6.76. The summed E-state index contributed by atoms with van der Waals surface area (Å²) in [6.45, 7) is 2.27. The van der Waals surface area contributed by atoms with Crippen LogP contribution in [0.25, 0.3) is 0 Å². The van der Waals surface area contributed by atoms with Gasteiger partial charge in [-0.3, -0.25) is 0 Å². The lowest BCUT2D eigenvalue weighted by atomic mass is 10.0. The van der Waals surface area contributed by atoms with Crippen LogP contribution in [0, 0.1) is 5.92 Å². The third-order valence-corrected chi connectivity index (χ3v) is 3.89. The van der Waals surface area contributed by atoms with Gasteiger partial charge in [-0.2, -0.15) is 0 Å². The van der Waals surface area contributed by atoms with E-state index in [-0.39, 0.29) is 0 Å². The SMILES string of the molecule is CCC1CCCC1Nc1cc(OC)cc(OC)c1. The second-order valence-electron chi connectivity index (χ2n) is 4.95. The van der Waals surface area contributed by atoms with E-state index in [1.807, 2.05) is 18.2 Å². The van der Waals surface area contributed by atoms with Crippen molar-refractivity contribution in [3.05, 3.63) is 18.2 Å². The van der Waals surface area contributed by atoms with E-state index in [1.165, 1.54) is 25.7 Å². The van der Waals surface area contributed by atoms with E-state index in [0.29, 0.717) is 6.04 Å². The zero-order valence-electron chi connectivity index (χ0n) is 11.5. The minimum Gasteiger partial charge on any atom is -0.497 e. The van der Waals surface area contributed by atoms with E-state index in [2.05, 4.69) is 12.2 Å². The summed E-state index contributed by atoms with van der Waals surface area (Å²) in [5, 5.41) is 3.63. The van der Waals surface area contributed by atoms with E-state index in [1.54, 1.807) is 14.2 Å². The number of nitrogens with one attached hydrogen (secondary N) is 1. The molecule has 2 atom stereocenters. The molecular formula is C15H23NO2. The van der Waals surface area contributed by atoms with Crippen molar-refractivity contribution in [2.24, 2.45) is 5.92 Å². The maximum Gasteiger partial charge on any atom is 0.124 e. The monoisotopic (exact) mass is 249 g/mol. The molecule has 2 unspecified atom stereocenters. The van der Waals surface area contributed by atoms with Crippen molar-refractivity contribution in [1.29, 1.82) is 0 Å². The first kappa shape index (κ1) is 13.1. The Morgan fingerprint density at radius 2 is 1.78 bits per heavy atom. The van der Waals surface area contributed by atoms with Crippen molar-refractivity contribution >= 4 is 5.69 Å². The molecule has 0 bridgehead atoms. The Morgan fingerprint density at radius 1 is 1.11 bits per heavy atom. The molecule has 100 valence electrons. The van der Waals surface area contributed by atoms with Gasteiger partial charge in [-0.15, -0.1) is 0 Å². The maximum atomic E-state index is 5.29. The van der Waals surface area contributed by atoms with E-state index in [9.17, 15) is 0 Å². The molecule has 1 saturated carbocycles. The number of methoxy groups -OCH3 is 2. The second kappa shape index (κ2) is 5.98. The average molecular weight is 249 g/mol. The highest BCUT2D eigenvalue weighted by molar-refractivity contribution is 5.54. The molecule has 0 amide bonds. The van der Waals surface area contributed by atoms with Crippen molar-refractivity contribution in [3.8, 4) is 11.5 Å². The molecule has 1 N–H and O–H groups in total. The van der Waals surface area contributed by atoms with Crippen LogP contribution in [0.3, 0.4) is 0 Å². The zero-order valence-corrected chi connectivity index (χ0v) is 11.5. The summed E-state index contributed by atoms with van der Waals surface area (Å²) in [6.07, 6.45) is 5.18. The van der Waals surface area contributed by atoms with E-state index in [0.717, 1.165) is 23.1 Å². The van der Waals surface area contributed by atoms with Crippen LogP contribution < -0.4 is 14.8 Å². The number of anilines is 1. The Kier molecular flexibility index (Phi) is 4.34. The Balaban J connectivity index is 2.12. The van der Waals surface area contributed by atoms with Crippen LogP contribution in [0.5, 0.6) is 11.5 Å². The summed E-state index contributed by atoms with van der Waals surface area (Å²) in [4.78, 5) is 0. The molecule has 0 heterocycles. The minimum atomic E-state index is 0.590. The molecule has 0 aliphatic heterocycles. The van der Waals surface area contributed by atoms with Gasteiger partial charge in [0.15, 0.2) is 0 Å². The van der Waals surface area contributed by atoms with Crippen molar-refractivity contribution < 1.29 is 9.47 Å². The number of ether oxygens (including phenoxy) is 2. The molecule has 0 radical (unpaired) electrons. The van der Waals surface area contributed by atoms with Gasteiger partial charge in [0, 0.05) is 29.9 Å². The summed E-state index contributed by atoms with van der Waals surface area (Å²) >= 11 is 0. The van der Waals surface area contributed by atoms with Crippen molar-refractivity contribution in [1.82, 2.24) is 0 Å². The van der Waals surface area contributed by atoms with Crippen molar-refractivity contribution in [2.75, 3.05) is 19.5 Å². The van der Waals surface area contributed by atoms with Crippen LogP contribution >= 0.6 is 0 Å². The molecule has 18 heavy (non-hydrogen) atoms. The third-order valence-electron chi connectivity index (χ3n) is 3.89. The highest BCUT2D eigenvalue weighted by Gasteiger charge is 2.25. The highest BCUT2D eigenvalue weighted by atomic mass is 16.5. The van der Waals surface area contributed by atoms with E-state index >= 15 is 0 Å². The number of rotatable bonds is 5. The van der Waals surface area contributed by atoms with Gasteiger partial charge in [-0.25, -0.2) is 0 Å². The van der Waals surface area contributed by atoms with Gasteiger partial charge in [0.2, 0.25) is 0 Å². The fraction of sp³-hybridized carbons (Fsp3) is 0.600. The normalized spacial score (nSPS) is 22.8. The molecule has 1 aromatic rings. The predicted octanol–water partition coefficient (Wildman–Crippen LogP) is 3.69. The Bertz CT molecular complexity index is 370. The minimum absolute atomic E-state index is 0.590. The van der Waals surface area contributed by atoms with Crippen LogP contribution in [-0.2, 0) is 0 Å². The fourth-order valence-electron chi connectivity index (χ4n) is 2.82. The van der Waals surface area contributed by atoms with Gasteiger partial charge in [-0.05, 0) is 18.8 Å². The standard InChI is InChI=1S/C15H23NO2/c1-4-11-6-5-7-15(11)16-12-8-13(17-2)10-14(9-12)18-3/h8-11,15-16H,4-7H2,1-3H3. The quantitative estimate of drug-likeness (QED) is 0.863. The first-order chi connectivity index (χ1) is 8.76. The van der Waals surface area contributed by atoms with Crippen LogP contribution in [0.1, 0.15) is 32.6 Å².